The SMILES string of the molecule is NC[C@@H](NC(=O)OCc1ccccc1)C(=O)Cc1ncc(C2CCCCC2)s1. The highest BCUT2D eigenvalue weighted by atomic mass is 32.1. The number of amides is 1. The number of aromatic nitrogens is 1. The average molecular weight is 402 g/mol. The summed E-state index contributed by atoms with van der Waals surface area (Å²) in [6.45, 7) is 0.176. The lowest BCUT2D eigenvalue weighted by atomic mass is 9.89. The lowest BCUT2D eigenvalue weighted by molar-refractivity contribution is -0.120. The van der Waals surface area contributed by atoms with Crippen LogP contribution >= 0.6 is 11.3 Å². The minimum absolute atomic E-state index is 0.0279. The second kappa shape index (κ2) is 10.3. The first-order valence-electron chi connectivity index (χ1n) is 9.80. The van der Waals surface area contributed by atoms with E-state index in [1.54, 1.807) is 11.3 Å². The Balaban J connectivity index is 1.49. The van der Waals surface area contributed by atoms with Gasteiger partial charge in [-0.25, -0.2) is 9.78 Å². The number of rotatable bonds is 8. The van der Waals surface area contributed by atoms with Gasteiger partial charge in [-0.3, -0.25) is 4.79 Å². The summed E-state index contributed by atoms with van der Waals surface area (Å²) in [6, 6.07) is 8.60. The molecule has 0 bridgehead atoms. The summed E-state index contributed by atoms with van der Waals surface area (Å²) < 4.78 is 5.17. The number of nitrogens with zero attached hydrogens (tertiary/aromatic N) is 1. The van der Waals surface area contributed by atoms with Crippen LogP contribution in [0.4, 0.5) is 4.79 Å². The van der Waals surface area contributed by atoms with Crippen molar-refractivity contribution in [3.8, 4) is 0 Å². The third-order valence-corrected chi connectivity index (χ3v) is 6.19. The van der Waals surface area contributed by atoms with E-state index in [-0.39, 0.29) is 25.4 Å². The van der Waals surface area contributed by atoms with Crippen molar-refractivity contribution >= 4 is 23.2 Å². The Morgan fingerprint density at radius 2 is 1.96 bits per heavy atom. The number of ether oxygens (including phenoxy) is 1. The summed E-state index contributed by atoms with van der Waals surface area (Å²) in [7, 11) is 0. The molecule has 2 aromatic rings. The quantitative estimate of drug-likeness (QED) is 0.705. The lowest BCUT2D eigenvalue weighted by Gasteiger charge is -2.19. The number of nitrogens with one attached hydrogen (secondary N) is 1. The molecule has 1 amide bonds. The second-order valence-corrected chi connectivity index (χ2v) is 8.28. The van der Waals surface area contributed by atoms with E-state index in [9.17, 15) is 9.59 Å². The number of benzene rings is 1. The molecule has 1 atom stereocenters. The highest BCUT2D eigenvalue weighted by Crippen LogP contribution is 2.35. The molecule has 0 spiro atoms. The highest BCUT2D eigenvalue weighted by Gasteiger charge is 2.23. The van der Waals surface area contributed by atoms with E-state index in [0.29, 0.717) is 5.92 Å². The molecule has 150 valence electrons. The van der Waals surface area contributed by atoms with Crippen LogP contribution in [0.3, 0.4) is 0 Å². The van der Waals surface area contributed by atoms with Crippen molar-refractivity contribution in [3.63, 3.8) is 0 Å². The molecular weight excluding hydrogens is 374 g/mol. The van der Waals surface area contributed by atoms with Crippen LogP contribution < -0.4 is 11.1 Å². The number of carbonyl (C=O) groups is 2. The Labute approximate surface area is 169 Å². The number of thiazole rings is 1. The number of ketones is 1. The Hall–Kier alpha value is -2.25. The van der Waals surface area contributed by atoms with E-state index < -0.39 is 12.1 Å². The van der Waals surface area contributed by atoms with E-state index in [4.69, 9.17) is 10.5 Å². The molecule has 1 fully saturated rings. The third kappa shape index (κ3) is 5.87. The van der Waals surface area contributed by atoms with E-state index >= 15 is 0 Å². The van der Waals surface area contributed by atoms with E-state index in [1.165, 1.54) is 37.0 Å². The second-order valence-electron chi connectivity index (χ2n) is 7.13. The maximum absolute atomic E-state index is 12.6. The van der Waals surface area contributed by atoms with Crippen LogP contribution in [0.25, 0.3) is 0 Å². The van der Waals surface area contributed by atoms with Gasteiger partial charge in [-0.2, -0.15) is 0 Å². The van der Waals surface area contributed by atoms with Gasteiger partial charge in [-0.1, -0.05) is 49.6 Å². The van der Waals surface area contributed by atoms with Gasteiger partial charge in [0.05, 0.1) is 6.42 Å². The molecule has 1 aromatic heterocycles. The Morgan fingerprint density at radius 1 is 1.21 bits per heavy atom. The normalized spacial score (nSPS) is 15.8. The molecule has 6 nitrogen and oxygen atoms in total. The van der Waals surface area contributed by atoms with E-state index in [2.05, 4.69) is 10.3 Å². The number of hydrogen-bond acceptors (Lipinski definition) is 6. The molecule has 3 N–H and O–H groups in total. The predicted molar refractivity (Wildman–Crippen MR) is 109 cm³/mol. The number of nitrogens with two attached hydrogens (primary N) is 1. The average Bonchev–Trinajstić information content (AvgIpc) is 3.20. The smallest absolute Gasteiger partial charge is 0.408 e. The van der Waals surface area contributed by atoms with Gasteiger partial charge < -0.3 is 15.8 Å². The molecule has 7 heteroatoms. The van der Waals surface area contributed by atoms with Gasteiger partial charge in [0.1, 0.15) is 17.7 Å². The van der Waals surface area contributed by atoms with Gasteiger partial charge in [-0.05, 0) is 24.3 Å². The lowest BCUT2D eigenvalue weighted by Crippen LogP contribution is -2.46. The van der Waals surface area contributed by atoms with Gasteiger partial charge in [0.2, 0.25) is 0 Å². The number of carbonyl (C=O) groups excluding carboxylic acids is 2. The van der Waals surface area contributed by atoms with Crippen LogP contribution in [-0.2, 0) is 22.6 Å². The zero-order valence-corrected chi connectivity index (χ0v) is 16.7. The van der Waals surface area contributed by atoms with Crippen molar-refractivity contribution < 1.29 is 14.3 Å². The first-order valence-corrected chi connectivity index (χ1v) is 10.6. The van der Waals surface area contributed by atoms with Gasteiger partial charge in [0, 0.05) is 17.6 Å². The topological polar surface area (TPSA) is 94.3 Å². The fraction of sp³-hybridized carbons (Fsp3) is 0.476. The first-order chi connectivity index (χ1) is 13.7. The van der Waals surface area contributed by atoms with Crippen molar-refractivity contribution in [2.24, 2.45) is 5.73 Å². The van der Waals surface area contributed by atoms with Crippen molar-refractivity contribution in [2.75, 3.05) is 6.54 Å². The molecule has 0 aliphatic heterocycles. The van der Waals surface area contributed by atoms with Crippen LogP contribution in [0, 0.1) is 0 Å². The largest absolute Gasteiger partial charge is 0.445 e. The molecule has 1 heterocycles. The fourth-order valence-corrected chi connectivity index (χ4v) is 4.53. The van der Waals surface area contributed by atoms with Gasteiger partial charge in [0.25, 0.3) is 0 Å². The van der Waals surface area contributed by atoms with Crippen molar-refractivity contribution in [1.29, 1.82) is 0 Å². The van der Waals surface area contributed by atoms with Crippen LogP contribution in [0.5, 0.6) is 0 Å². The first kappa shape index (κ1) is 20.5. The standard InChI is InChI=1S/C21H27N3O3S/c22-12-17(24-21(26)27-14-15-7-3-1-4-8-15)18(25)11-20-23-13-19(28-20)16-9-5-2-6-10-16/h1,3-4,7-8,13,16-17H,2,5-6,9-12,14,22H2,(H,24,26)/t17-/m1/s1. The Morgan fingerprint density at radius 3 is 2.68 bits per heavy atom. The van der Waals surface area contributed by atoms with Crippen molar-refractivity contribution in [3.05, 3.63) is 52.0 Å². The molecule has 0 unspecified atom stereocenters. The predicted octanol–water partition coefficient (Wildman–Crippen LogP) is 3.56. The molecule has 1 aliphatic rings. The van der Waals surface area contributed by atoms with Gasteiger partial charge >= 0.3 is 6.09 Å². The minimum Gasteiger partial charge on any atom is -0.445 e. The molecule has 3 rings (SSSR count). The summed E-state index contributed by atoms with van der Waals surface area (Å²) >= 11 is 1.61. The summed E-state index contributed by atoms with van der Waals surface area (Å²) in [5, 5.41) is 3.35. The number of alkyl carbamates (subject to hydrolysis) is 1. The molecule has 0 radical (unpaired) electrons. The van der Waals surface area contributed by atoms with Crippen LogP contribution in [0.1, 0.15) is 53.5 Å². The molecule has 28 heavy (non-hydrogen) atoms. The Bertz CT molecular complexity index is 772. The Kier molecular flexibility index (Phi) is 7.56. The third-order valence-electron chi connectivity index (χ3n) is 5.03. The maximum atomic E-state index is 12.6. The van der Waals surface area contributed by atoms with Gasteiger partial charge in [0.15, 0.2) is 5.78 Å². The van der Waals surface area contributed by atoms with E-state index in [0.717, 1.165) is 10.6 Å². The highest BCUT2D eigenvalue weighted by molar-refractivity contribution is 7.11. The zero-order valence-electron chi connectivity index (χ0n) is 15.9. The minimum atomic E-state index is -0.773. The number of hydrogen-bond donors (Lipinski definition) is 2. The van der Waals surface area contributed by atoms with Crippen molar-refractivity contribution in [1.82, 2.24) is 10.3 Å². The summed E-state index contributed by atoms with van der Waals surface area (Å²) in [5.74, 6) is 0.426. The molecular formula is C21H27N3O3S. The summed E-state index contributed by atoms with van der Waals surface area (Å²) in [4.78, 5) is 30.2. The van der Waals surface area contributed by atoms with E-state index in [1.807, 2.05) is 36.5 Å². The molecule has 1 aromatic carbocycles. The van der Waals surface area contributed by atoms with Crippen LogP contribution in [0.2, 0.25) is 0 Å². The van der Waals surface area contributed by atoms with Crippen molar-refractivity contribution in [2.45, 2.75) is 57.1 Å². The molecule has 1 aliphatic carbocycles. The summed E-state index contributed by atoms with van der Waals surface area (Å²) in [5.41, 5.74) is 6.58. The molecule has 1 saturated carbocycles. The maximum Gasteiger partial charge on any atom is 0.408 e. The zero-order chi connectivity index (χ0) is 19.8. The van der Waals surface area contributed by atoms with Gasteiger partial charge in [-0.15, -0.1) is 11.3 Å². The fourth-order valence-electron chi connectivity index (χ4n) is 3.43. The monoisotopic (exact) mass is 401 g/mol. The van der Waals surface area contributed by atoms with Crippen LogP contribution in [0.15, 0.2) is 36.5 Å². The summed E-state index contributed by atoms with van der Waals surface area (Å²) in [6.07, 6.45) is 7.69. The molecule has 0 saturated heterocycles. The van der Waals surface area contributed by atoms with Crippen LogP contribution in [-0.4, -0.2) is 29.4 Å². The number of Topliss-reactive ketones (excluding diaryl/α,β-unsaturated/α-hetero) is 1.